The standard InChI is InChI=1S/C16H16ClN3O2/c17-13-3-1-2-4-14(13)19-12-5-6-15(18-11-12)16(21)20-7-9-22-10-8-20/h1-6,11,19H,7-10H2. The lowest BCUT2D eigenvalue weighted by Crippen LogP contribution is -2.41. The number of benzene rings is 1. The van der Waals surface area contributed by atoms with Gasteiger partial charge in [0, 0.05) is 13.1 Å². The van der Waals surface area contributed by atoms with Gasteiger partial charge in [-0.3, -0.25) is 4.79 Å². The number of hydrogen-bond acceptors (Lipinski definition) is 4. The largest absolute Gasteiger partial charge is 0.378 e. The third kappa shape index (κ3) is 3.37. The normalized spacial score (nSPS) is 14.7. The lowest BCUT2D eigenvalue weighted by molar-refractivity contribution is 0.0299. The molecule has 2 aromatic rings. The van der Waals surface area contributed by atoms with Gasteiger partial charge in [0.15, 0.2) is 0 Å². The summed E-state index contributed by atoms with van der Waals surface area (Å²) in [7, 11) is 0. The smallest absolute Gasteiger partial charge is 0.272 e. The Kier molecular flexibility index (Phi) is 4.56. The first-order valence-electron chi connectivity index (χ1n) is 7.09. The summed E-state index contributed by atoms with van der Waals surface area (Å²) in [5.41, 5.74) is 2.02. The third-order valence-corrected chi connectivity index (χ3v) is 3.76. The van der Waals surface area contributed by atoms with Crippen molar-refractivity contribution in [3.05, 3.63) is 53.3 Å². The molecule has 0 aliphatic carbocycles. The van der Waals surface area contributed by atoms with Crippen LogP contribution < -0.4 is 5.32 Å². The highest BCUT2D eigenvalue weighted by Gasteiger charge is 2.19. The SMILES string of the molecule is O=C(c1ccc(Nc2ccccc2Cl)cn1)N1CCOCC1. The minimum atomic E-state index is -0.0624. The van der Waals surface area contributed by atoms with E-state index in [9.17, 15) is 4.79 Å². The molecule has 1 N–H and O–H groups in total. The maximum Gasteiger partial charge on any atom is 0.272 e. The summed E-state index contributed by atoms with van der Waals surface area (Å²) >= 11 is 6.10. The molecule has 22 heavy (non-hydrogen) atoms. The molecule has 6 heteroatoms. The Morgan fingerprint density at radius 1 is 1.18 bits per heavy atom. The average molecular weight is 318 g/mol. The Morgan fingerprint density at radius 2 is 1.95 bits per heavy atom. The molecule has 1 amide bonds. The molecule has 2 heterocycles. The molecule has 1 aromatic carbocycles. The van der Waals surface area contributed by atoms with Crippen molar-refractivity contribution in [2.45, 2.75) is 0 Å². The van der Waals surface area contributed by atoms with E-state index in [2.05, 4.69) is 10.3 Å². The number of aromatic nitrogens is 1. The summed E-state index contributed by atoms with van der Waals surface area (Å²) in [6.45, 7) is 2.38. The van der Waals surface area contributed by atoms with Gasteiger partial charge in [-0.05, 0) is 24.3 Å². The number of carbonyl (C=O) groups is 1. The Bertz CT molecular complexity index is 655. The van der Waals surface area contributed by atoms with Crippen molar-refractivity contribution < 1.29 is 9.53 Å². The number of rotatable bonds is 3. The predicted octanol–water partition coefficient (Wildman–Crippen LogP) is 2.95. The number of nitrogens with zero attached hydrogens (tertiary/aromatic N) is 2. The average Bonchev–Trinajstić information content (AvgIpc) is 2.58. The number of ether oxygens (including phenoxy) is 1. The van der Waals surface area contributed by atoms with Gasteiger partial charge in [0.05, 0.1) is 35.8 Å². The summed E-state index contributed by atoms with van der Waals surface area (Å²) in [6.07, 6.45) is 1.64. The van der Waals surface area contributed by atoms with Crippen LogP contribution in [0.25, 0.3) is 0 Å². The van der Waals surface area contributed by atoms with E-state index in [4.69, 9.17) is 16.3 Å². The number of hydrogen-bond donors (Lipinski definition) is 1. The Morgan fingerprint density at radius 3 is 2.64 bits per heavy atom. The van der Waals surface area contributed by atoms with Gasteiger partial charge in [0.25, 0.3) is 5.91 Å². The van der Waals surface area contributed by atoms with E-state index in [0.29, 0.717) is 37.0 Å². The Hall–Kier alpha value is -2.11. The predicted molar refractivity (Wildman–Crippen MR) is 85.7 cm³/mol. The number of anilines is 2. The quantitative estimate of drug-likeness (QED) is 0.945. The molecule has 1 fully saturated rings. The van der Waals surface area contributed by atoms with E-state index in [1.165, 1.54) is 0 Å². The Balaban J connectivity index is 1.70. The summed E-state index contributed by atoms with van der Waals surface area (Å²) in [4.78, 5) is 18.3. The van der Waals surface area contributed by atoms with Gasteiger partial charge in [-0.25, -0.2) is 4.98 Å². The van der Waals surface area contributed by atoms with Crippen molar-refractivity contribution in [3.63, 3.8) is 0 Å². The molecule has 3 rings (SSSR count). The summed E-state index contributed by atoms with van der Waals surface area (Å²) in [5, 5.41) is 3.81. The molecule has 0 saturated carbocycles. The minimum Gasteiger partial charge on any atom is -0.378 e. The molecule has 0 radical (unpaired) electrons. The summed E-state index contributed by atoms with van der Waals surface area (Å²) in [6, 6.07) is 11.0. The molecule has 0 unspecified atom stereocenters. The second-order valence-electron chi connectivity index (χ2n) is 4.94. The van der Waals surface area contributed by atoms with E-state index < -0.39 is 0 Å². The van der Waals surface area contributed by atoms with E-state index >= 15 is 0 Å². The number of morpholine rings is 1. The van der Waals surface area contributed by atoms with Crippen molar-refractivity contribution in [3.8, 4) is 0 Å². The molecule has 1 aliphatic heterocycles. The number of pyridine rings is 1. The lowest BCUT2D eigenvalue weighted by Gasteiger charge is -2.26. The molecule has 114 valence electrons. The first kappa shape index (κ1) is 14.8. The van der Waals surface area contributed by atoms with Crippen LogP contribution in [-0.4, -0.2) is 42.1 Å². The topological polar surface area (TPSA) is 54.5 Å². The molecule has 5 nitrogen and oxygen atoms in total. The highest BCUT2D eigenvalue weighted by atomic mass is 35.5. The van der Waals surface area contributed by atoms with Crippen LogP contribution in [0.4, 0.5) is 11.4 Å². The minimum absolute atomic E-state index is 0.0624. The molecule has 1 aliphatic rings. The number of halogens is 1. The zero-order chi connectivity index (χ0) is 15.4. The molecule has 0 bridgehead atoms. The zero-order valence-corrected chi connectivity index (χ0v) is 12.7. The number of carbonyl (C=O) groups excluding carboxylic acids is 1. The Labute approximate surface area is 133 Å². The monoisotopic (exact) mass is 317 g/mol. The van der Waals surface area contributed by atoms with Gasteiger partial charge >= 0.3 is 0 Å². The van der Waals surface area contributed by atoms with Gasteiger partial charge in [-0.2, -0.15) is 0 Å². The van der Waals surface area contributed by atoms with Crippen molar-refractivity contribution in [1.29, 1.82) is 0 Å². The second-order valence-corrected chi connectivity index (χ2v) is 5.35. The number of amides is 1. The fourth-order valence-corrected chi connectivity index (χ4v) is 2.42. The molecule has 1 saturated heterocycles. The van der Waals surface area contributed by atoms with Crippen molar-refractivity contribution in [1.82, 2.24) is 9.88 Å². The van der Waals surface area contributed by atoms with Crippen LogP contribution in [0.2, 0.25) is 5.02 Å². The highest BCUT2D eigenvalue weighted by molar-refractivity contribution is 6.33. The fraction of sp³-hybridized carbons (Fsp3) is 0.250. The van der Waals surface area contributed by atoms with Gasteiger partial charge in [-0.15, -0.1) is 0 Å². The molecule has 1 aromatic heterocycles. The summed E-state index contributed by atoms with van der Waals surface area (Å²) in [5.74, 6) is -0.0624. The van der Waals surface area contributed by atoms with Gasteiger partial charge in [-0.1, -0.05) is 23.7 Å². The first-order valence-corrected chi connectivity index (χ1v) is 7.46. The lowest BCUT2D eigenvalue weighted by atomic mass is 10.2. The van der Waals surface area contributed by atoms with Gasteiger partial charge in [0.2, 0.25) is 0 Å². The summed E-state index contributed by atoms with van der Waals surface area (Å²) < 4.78 is 5.25. The van der Waals surface area contributed by atoms with Gasteiger partial charge in [0.1, 0.15) is 5.69 Å². The van der Waals surface area contributed by atoms with E-state index in [1.54, 1.807) is 17.2 Å². The second kappa shape index (κ2) is 6.77. The maximum absolute atomic E-state index is 12.3. The van der Waals surface area contributed by atoms with Crippen LogP contribution in [-0.2, 0) is 4.74 Å². The first-order chi connectivity index (χ1) is 10.7. The van der Waals surface area contributed by atoms with Crippen molar-refractivity contribution >= 4 is 28.9 Å². The van der Waals surface area contributed by atoms with Crippen LogP contribution in [0.15, 0.2) is 42.6 Å². The zero-order valence-electron chi connectivity index (χ0n) is 12.0. The van der Waals surface area contributed by atoms with Crippen LogP contribution in [0.5, 0.6) is 0 Å². The number of nitrogens with one attached hydrogen (secondary N) is 1. The third-order valence-electron chi connectivity index (χ3n) is 3.43. The molecule has 0 atom stereocenters. The number of para-hydroxylation sites is 1. The maximum atomic E-state index is 12.3. The van der Waals surface area contributed by atoms with E-state index in [-0.39, 0.29) is 5.91 Å². The van der Waals surface area contributed by atoms with Crippen LogP contribution >= 0.6 is 11.6 Å². The van der Waals surface area contributed by atoms with Crippen LogP contribution in [0, 0.1) is 0 Å². The van der Waals surface area contributed by atoms with Crippen molar-refractivity contribution in [2.24, 2.45) is 0 Å². The molecule has 0 spiro atoms. The van der Waals surface area contributed by atoms with E-state index in [0.717, 1.165) is 11.4 Å². The van der Waals surface area contributed by atoms with Crippen LogP contribution in [0.3, 0.4) is 0 Å². The van der Waals surface area contributed by atoms with E-state index in [1.807, 2.05) is 30.3 Å². The van der Waals surface area contributed by atoms with Crippen molar-refractivity contribution in [2.75, 3.05) is 31.6 Å². The van der Waals surface area contributed by atoms with Crippen LogP contribution in [0.1, 0.15) is 10.5 Å². The fourth-order valence-electron chi connectivity index (χ4n) is 2.24. The molecular formula is C16H16ClN3O2. The molecular weight excluding hydrogens is 302 g/mol. The highest BCUT2D eigenvalue weighted by Crippen LogP contribution is 2.24. The van der Waals surface area contributed by atoms with Gasteiger partial charge < -0.3 is 15.0 Å².